The number of hydrogen-bond donors (Lipinski definition) is 0. The average Bonchev–Trinajstić information content (AvgIpc) is 3.27. The van der Waals surface area contributed by atoms with Gasteiger partial charge in [-0.1, -0.05) is 65.4 Å². The molecule has 0 amide bonds. The van der Waals surface area contributed by atoms with E-state index in [2.05, 4.69) is 32.1 Å². The SMILES string of the molecule is Cc1cc(CSc2nnc(-c3ccccc3)n2-c2ccccc2)no1. The van der Waals surface area contributed by atoms with Crippen molar-refractivity contribution in [1.82, 2.24) is 19.9 Å². The summed E-state index contributed by atoms with van der Waals surface area (Å²) in [5, 5.41) is 13.7. The van der Waals surface area contributed by atoms with Gasteiger partial charge in [-0.3, -0.25) is 4.57 Å². The van der Waals surface area contributed by atoms with Crippen LogP contribution in [0, 0.1) is 6.92 Å². The monoisotopic (exact) mass is 348 g/mol. The lowest BCUT2D eigenvalue weighted by Crippen LogP contribution is -1.99. The minimum Gasteiger partial charge on any atom is -0.361 e. The molecule has 0 aliphatic carbocycles. The lowest BCUT2D eigenvalue weighted by atomic mass is 10.2. The minimum absolute atomic E-state index is 0.678. The summed E-state index contributed by atoms with van der Waals surface area (Å²) in [4.78, 5) is 0. The zero-order valence-corrected chi connectivity index (χ0v) is 14.5. The lowest BCUT2D eigenvalue weighted by molar-refractivity contribution is 0.393. The number of aromatic nitrogens is 4. The summed E-state index contributed by atoms with van der Waals surface area (Å²) in [6, 6.07) is 22.2. The van der Waals surface area contributed by atoms with Crippen LogP contribution in [-0.4, -0.2) is 19.9 Å². The molecule has 25 heavy (non-hydrogen) atoms. The fraction of sp³-hybridized carbons (Fsp3) is 0.105. The number of aryl methyl sites for hydroxylation is 1. The molecular weight excluding hydrogens is 332 g/mol. The number of hydrogen-bond acceptors (Lipinski definition) is 5. The maximum Gasteiger partial charge on any atom is 0.196 e. The Kier molecular flexibility index (Phi) is 4.35. The highest BCUT2D eigenvalue weighted by Crippen LogP contribution is 2.29. The highest BCUT2D eigenvalue weighted by atomic mass is 32.2. The fourth-order valence-electron chi connectivity index (χ4n) is 2.57. The van der Waals surface area contributed by atoms with Crippen LogP contribution in [0.2, 0.25) is 0 Å². The number of thioether (sulfide) groups is 1. The van der Waals surface area contributed by atoms with Gasteiger partial charge >= 0.3 is 0 Å². The van der Waals surface area contributed by atoms with E-state index < -0.39 is 0 Å². The summed E-state index contributed by atoms with van der Waals surface area (Å²) in [7, 11) is 0. The Morgan fingerprint density at radius 3 is 2.36 bits per heavy atom. The van der Waals surface area contributed by atoms with Crippen LogP contribution < -0.4 is 0 Å². The first-order valence-electron chi connectivity index (χ1n) is 7.92. The molecule has 0 unspecified atom stereocenters. The van der Waals surface area contributed by atoms with E-state index in [1.54, 1.807) is 11.8 Å². The van der Waals surface area contributed by atoms with Gasteiger partial charge in [0.2, 0.25) is 0 Å². The Bertz CT molecular complexity index is 964. The van der Waals surface area contributed by atoms with E-state index in [9.17, 15) is 0 Å². The average molecular weight is 348 g/mol. The van der Waals surface area contributed by atoms with E-state index in [0.717, 1.165) is 33.7 Å². The fourth-order valence-corrected chi connectivity index (χ4v) is 3.40. The van der Waals surface area contributed by atoms with Crippen molar-refractivity contribution in [1.29, 1.82) is 0 Å². The molecule has 5 nitrogen and oxygen atoms in total. The van der Waals surface area contributed by atoms with Crippen molar-refractivity contribution < 1.29 is 4.52 Å². The van der Waals surface area contributed by atoms with Gasteiger partial charge in [0.1, 0.15) is 5.76 Å². The third-order valence-corrected chi connectivity index (χ3v) is 4.67. The van der Waals surface area contributed by atoms with E-state index in [4.69, 9.17) is 4.52 Å². The zero-order valence-electron chi connectivity index (χ0n) is 13.7. The van der Waals surface area contributed by atoms with Crippen molar-refractivity contribution in [3.63, 3.8) is 0 Å². The van der Waals surface area contributed by atoms with Crippen molar-refractivity contribution in [3.05, 3.63) is 78.2 Å². The Morgan fingerprint density at radius 2 is 1.68 bits per heavy atom. The van der Waals surface area contributed by atoms with E-state index in [1.165, 1.54) is 0 Å². The van der Waals surface area contributed by atoms with Crippen LogP contribution >= 0.6 is 11.8 Å². The Balaban J connectivity index is 1.73. The highest BCUT2D eigenvalue weighted by molar-refractivity contribution is 7.98. The van der Waals surface area contributed by atoms with Gasteiger partial charge in [-0.2, -0.15) is 0 Å². The predicted octanol–water partition coefficient (Wildman–Crippen LogP) is 4.52. The molecule has 0 aliphatic rings. The van der Waals surface area contributed by atoms with Crippen molar-refractivity contribution in [2.75, 3.05) is 0 Å². The van der Waals surface area contributed by atoms with Crippen LogP contribution in [-0.2, 0) is 5.75 Å². The second kappa shape index (κ2) is 6.94. The molecule has 4 aromatic rings. The first-order chi connectivity index (χ1) is 12.3. The minimum atomic E-state index is 0.678. The topological polar surface area (TPSA) is 56.7 Å². The molecule has 0 spiro atoms. The van der Waals surface area contributed by atoms with Crippen LogP contribution in [0.4, 0.5) is 0 Å². The van der Waals surface area contributed by atoms with Gasteiger partial charge < -0.3 is 4.52 Å². The van der Waals surface area contributed by atoms with E-state index in [-0.39, 0.29) is 0 Å². The van der Waals surface area contributed by atoms with Crippen LogP contribution in [0.5, 0.6) is 0 Å². The van der Waals surface area contributed by atoms with Crippen molar-refractivity contribution >= 4 is 11.8 Å². The molecule has 0 atom stereocenters. The number of para-hydroxylation sites is 1. The van der Waals surface area contributed by atoms with E-state index in [1.807, 2.05) is 61.5 Å². The standard InChI is InChI=1S/C19H16N4OS/c1-14-12-16(22-24-14)13-25-19-21-20-18(15-8-4-2-5-9-15)23(19)17-10-6-3-7-11-17/h2-12H,13H2,1H3. The molecular formula is C19H16N4OS. The molecule has 124 valence electrons. The molecule has 0 fully saturated rings. The number of nitrogens with zero attached hydrogens (tertiary/aromatic N) is 4. The molecule has 0 N–H and O–H groups in total. The lowest BCUT2D eigenvalue weighted by Gasteiger charge is -2.09. The van der Waals surface area contributed by atoms with Crippen LogP contribution in [0.15, 0.2) is 76.4 Å². The van der Waals surface area contributed by atoms with Crippen LogP contribution in [0.25, 0.3) is 17.1 Å². The smallest absolute Gasteiger partial charge is 0.196 e. The van der Waals surface area contributed by atoms with Gasteiger partial charge in [0.05, 0.1) is 5.69 Å². The first-order valence-corrected chi connectivity index (χ1v) is 8.91. The van der Waals surface area contributed by atoms with Gasteiger partial charge in [-0.05, 0) is 19.1 Å². The van der Waals surface area contributed by atoms with Crippen molar-refractivity contribution in [3.8, 4) is 17.1 Å². The normalized spacial score (nSPS) is 10.9. The third kappa shape index (κ3) is 3.34. The van der Waals surface area contributed by atoms with Crippen molar-refractivity contribution in [2.24, 2.45) is 0 Å². The Morgan fingerprint density at radius 1 is 0.960 bits per heavy atom. The van der Waals surface area contributed by atoms with Gasteiger partial charge in [-0.25, -0.2) is 0 Å². The summed E-state index contributed by atoms with van der Waals surface area (Å²) < 4.78 is 7.21. The molecule has 0 saturated carbocycles. The number of rotatable bonds is 5. The second-order valence-electron chi connectivity index (χ2n) is 5.56. The summed E-state index contributed by atoms with van der Waals surface area (Å²) in [5.41, 5.74) is 2.96. The number of benzene rings is 2. The molecule has 6 heteroatoms. The van der Waals surface area contributed by atoms with Gasteiger partial charge in [-0.15, -0.1) is 10.2 Å². The molecule has 2 aromatic heterocycles. The van der Waals surface area contributed by atoms with Gasteiger partial charge in [0.15, 0.2) is 11.0 Å². The predicted molar refractivity (Wildman–Crippen MR) is 97.6 cm³/mol. The van der Waals surface area contributed by atoms with Crippen LogP contribution in [0.1, 0.15) is 11.5 Å². The molecule has 0 bridgehead atoms. The Hall–Kier alpha value is -2.86. The largest absolute Gasteiger partial charge is 0.361 e. The maximum absolute atomic E-state index is 5.14. The van der Waals surface area contributed by atoms with E-state index >= 15 is 0 Å². The Labute approximate surface area is 149 Å². The molecule has 2 aromatic carbocycles. The third-order valence-electron chi connectivity index (χ3n) is 3.71. The molecule has 4 rings (SSSR count). The zero-order chi connectivity index (χ0) is 17.1. The van der Waals surface area contributed by atoms with Crippen LogP contribution in [0.3, 0.4) is 0 Å². The maximum atomic E-state index is 5.14. The summed E-state index contributed by atoms with van der Waals surface area (Å²) in [6.07, 6.45) is 0. The van der Waals surface area contributed by atoms with E-state index in [0.29, 0.717) is 5.75 Å². The molecule has 2 heterocycles. The quantitative estimate of drug-likeness (QED) is 0.496. The molecule has 0 aliphatic heterocycles. The second-order valence-corrected chi connectivity index (χ2v) is 6.50. The summed E-state index contributed by atoms with van der Waals surface area (Å²) in [6.45, 7) is 1.89. The summed E-state index contributed by atoms with van der Waals surface area (Å²) >= 11 is 1.59. The summed E-state index contributed by atoms with van der Waals surface area (Å²) in [5.74, 6) is 2.31. The first kappa shape index (κ1) is 15.7. The van der Waals surface area contributed by atoms with Gasteiger partial charge in [0.25, 0.3) is 0 Å². The van der Waals surface area contributed by atoms with Gasteiger partial charge in [0, 0.05) is 23.1 Å². The molecule has 0 saturated heterocycles. The van der Waals surface area contributed by atoms with Crippen molar-refractivity contribution in [2.45, 2.75) is 17.8 Å². The highest BCUT2D eigenvalue weighted by Gasteiger charge is 2.16. The molecule has 0 radical (unpaired) electrons.